The molecule has 0 bridgehead atoms. The number of hydrogen-bond acceptors (Lipinski definition) is 5. The maximum Gasteiger partial charge on any atom is 0.263 e. The predicted molar refractivity (Wildman–Crippen MR) is 76.9 cm³/mol. The number of sulfonamides is 1. The van der Waals surface area contributed by atoms with Crippen molar-refractivity contribution in [2.45, 2.75) is 18.4 Å². The van der Waals surface area contributed by atoms with Gasteiger partial charge in [0.2, 0.25) is 0 Å². The Morgan fingerprint density at radius 1 is 1.37 bits per heavy atom. The summed E-state index contributed by atoms with van der Waals surface area (Å²) < 4.78 is 27.3. The lowest BCUT2D eigenvalue weighted by atomic mass is 10.3. The molecule has 0 aliphatic rings. The minimum atomic E-state index is -3.55. The summed E-state index contributed by atoms with van der Waals surface area (Å²) in [5.74, 6) is 0. The number of pyridine rings is 1. The number of aryl methyl sites for hydroxylation is 1. The van der Waals surface area contributed by atoms with E-state index in [0.29, 0.717) is 17.1 Å². The van der Waals surface area contributed by atoms with Gasteiger partial charge in [-0.25, -0.2) is 8.42 Å². The number of nitrogens with one attached hydrogen (secondary N) is 2. The minimum absolute atomic E-state index is 0.322. The molecule has 0 saturated carbocycles. The van der Waals surface area contributed by atoms with Crippen molar-refractivity contribution in [1.82, 2.24) is 10.3 Å². The van der Waals surface area contributed by atoms with Crippen molar-refractivity contribution in [3.63, 3.8) is 0 Å². The summed E-state index contributed by atoms with van der Waals surface area (Å²) in [6.45, 7) is 2.34. The van der Waals surface area contributed by atoms with Crippen LogP contribution in [0.25, 0.3) is 0 Å². The van der Waals surface area contributed by atoms with E-state index in [0.717, 1.165) is 10.4 Å². The first-order valence-corrected chi connectivity index (χ1v) is 8.05. The Balaban J connectivity index is 2.33. The molecule has 0 spiro atoms. The highest BCUT2D eigenvalue weighted by Crippen LogP contribution is 2.25. The van der Waals surface area contributed by atoms with Gasteiger partial charge in [-0.1, -0.05) is 0 Å². The molecule has 0 saturated heterocycles. The largest absolute Gasteiger partial charge is 0.315 e. The van der Waals surface area contributed by atoms with Gasteiger partial charge in [0.25, 0.3) is 10.0 Å². The highest BCUT2D eigenvalue weighted by Gasteiger charge is 2.20. The normalized spacial score (nSPS) is 11.5. The van der Waals surface area contributed by atoms with Crippen LogP contribution in [-0.4, -0.2) is 20.4 Å². The topological polar surface area (TPSA) is 71.1 Å². The molecule has 0 amide bonds. The van der Waals surface area contributed by atoms with Gasteiger partial charge in [-0.15, -0.1) is 11.3 Å². The maximum atomic E-state index is 12.4. The van der Waals surface area contributed by atoms with Crippen molar-refractivity contribution in [3.8, 4) is 0 Å². The highest BCUT2D eigenvalue weighted by molar-refractivity contribution is 7.93. The van der Waals surface area contributed by atoms with Gasteiger partial charge in [0.1, 0.15) is 4.90 Å². The van der Waals surface area contributed by atoms with Crippen LogP contribution < -0.4 is 10.0 Å². The molecule has 0 aliphatic carbocycles. The molecule has 2 aromatic rings. The Morgan fingerprint density at radius 3 is 2.84 bits per heavy atom. The number of rotatable bonds is 5. The third-order valence-electron chi connectivity index (χ3n) is 2.60. The molecule has 102 valence electrons. The molecule has 5 nitrogen and oxygen atoms in total. The second-order valence-electron chi connectivity index (χ2n) is 4.03. The summed E-state index contributed by atoms with van der Waals surface area (Å²) in [6, 6.07) is 3.27. The predicted octanol–water partition coefficient (Wildman–Crippen LogP) is 1.97. The smallest absolute Gasteiger partial charge is 0.263 e. The third kappa shape index (κ3) is 3.12. The molecule has 0 aliphatic heterocycles. The van der Waals surface area contributed by atoms with Gasteiger partial charge >= 0.3 is 0 Å². The number of nitrogens with zero attached hydrogens (tertiary/aromatic N) is 1. The first kappa shape index (κ1) is 14.0. The molecule has 0 fully saturated rings. The molecule has 2 heterocycles. The molecule has 0 unspecified atom stereocenters. The van der Waals surface area contributed by atoms with Gasteiger partial charge in [0.05, 0.1) is 5.69 Å². The molecule has 0 radical (unpaired) electrons. The Bertz CT molecular complexity index is 665. The van der Waals surface area contributed by atoms with Crippen molar-refractivity contribution in [2.24, 2.45) is 0 Å². The van der Waals surface area contributed by atoms with Crippen molar-refractivity contribution in [1.29, 1.82) is 0 Å². The summed E-state index contributed by atoms with van der Waals surface area (Å²) in [7, 11) is -1.76. The minimum Gasteiger partial charge on any atom is -0.315 e. The lowest BCUT2D eigenvalue weighted by molar-refractivity contribution is 0.600. The van der Waals surface area contributed by atoms with Gasteiger partial charge in [0, 0.05) is 23.8 Å². The second-order valence-corrected chi connectivity index (χ2v) is 6.69. The Labute approximate surface area is 116 Å². The van der Waals surface area contributed by atoms with E-state index < -0.39 is 10.0 Å². The molecule has 7 heteroatoms. The first-order valence-electron chi connectivity index (χ1n) is 5.69. The SMILES string of the molecule is CNCc1sccc1S(=O)(=O)Nc1ccncc1C. The molecule has 2 aromatic heterocycles. The average molecular weight is 297 g/mol. The lowest BCUT2D eigenvalue weighted by Gasteiger charge is -2.10. The quantitative estimate of drug-likeness (QED) is 0.885. The van der Waals surface area contributed by atoms with Gasteiger partial charge < -0.3 is 5.32 Å². The summed E-state index contributed by atoms with van der Waals surface area (Å²) in [5, 5.41) is 4.74. The van der Waals surface area contributed by atoms with Crippen LogP contribution in [0.15, 0.2) is 34.8 Å². The monoisotopic (exact) mass is 297 g/mol. The Hall–Kier alpha value is -1.44. The van der Waals surface area contributed by atoms with Crippen LogP contribution >= 0.6 is 11.3 Å². The molecule has 19 heavy (non-hydrogen) atoms. The number of anilines is 1. The van der Waals surface area contributed by atoms with E-state index in [1.807, 2.05) is 6.92 Å². The summed E-state index contributed by atoms with van der Waals surface area (Å²) >= 11 is 1.42. The molecule has 0 aromatic carbocycles. The third-order valence-corrected chi connectivity index (χ3v) is 5.10. The summed E-state index contributed by atoms with van der Waals surface area (Å²) in [5.41, 5.74) is 1.34. The lowest BCUT2D eigenvalue weighted by Crippen LogP contribution is -2.16. The van der Waals surface area contributed by atoms with E-state index in [9.17, 15) is 8.42 Å². The fraction of sp³-hybridized carbons (Fsp3) is 0.250. The highest BCUT2D eigenvalue weighted by atomic mass is 32.2. The van der Waals surface area contributed by atoms with Crippen LogP contribution in [0.4, 0.5) is 5.69 Å². The van der Waals surface area contributed by atoms with E-state index in [1.165, 1.54) is 11.3 Å². The van der Waals surface area contributed by atoms with E-state index in [2.05, 4.69) is 15.0 Å². The van der Waals surface area contributed by atoms with E-state index in [4.69, 9.17) is 0 Å². The second kappa shape index (κ2) is 5.68. The van der Waals surface area contributed by atoms with Crippen molar-refractivity contribution in [2.75, 3.05) is 11.8 Å². The van der Waals surface area contributed by atoms with Crippen molar-refractivity contribution < 1.29 is 8.42 Å². The zero-order valence-electron chi connectivity index (χ0n) is 10.7. The zero-order valence-corrected chi connectivity index (χ0v) is 12.3. The average Bonchev–Trinajstić information content (AvgIpc) is 2.81. The van der Waals surface area contributed by atoms with E-state index in [-0.39, 0.29) is 0 Å². The first-order chi connectivity index (χ1) is 9.04. The van der Waals surface area contributed by atoms with Gasteiger partial charge in [0.15, 0.2) is 0 Å². The number of thiophene rings is 1. The maximum absolute atomic E-state index is 12.4. The number of hydrogen-bond donors (Lipinski definition) is 2. The Morgan fingerprint density at radius 2 is 2.16 bits per heavy atom. The fourth-order valence-corrected chi connectivity index (χ4v) is 4.23. The van der Waals surface area contributed by atoms with Crippen molar-refractivity contribution in [3.05, 3.63) is 40.3 Å². The van der Waals surface area contributed by atoms with Crippen LogP contribution in [0, 0.1) is 6.92 Å². The number of aromatic nitrogens is 1. The summed E-state index contributed by atoms with van der Waals surface area (Å²) in [4.78, 5) is 5.06. The standard InChI is InChI=1S/C12H15N3O2S2/c1-9-7-14-5-3-10(9)15-19(16,17)12-4-6-18-11(12)8-13-2/h3-7,13H,8H2,1-2H3,(H,14,15). The molecular formula is C12H15N3O2S2. The van der Waals surface area contributed by atoms with E-state index in [1.54, 1.807) is 37.0 Å². The van der Waals surface area contributed by atoms with Crippen LogP contribution in [0.5, 0.6) is 0 Å². The van der Waals surface area contributed by atoms with Gasteiger partial charge in [-0.3, -0.25) is 9.71 Å². The molecular weight excluding hydrogens is 282 g/mol. The van der Waals surface area contributed by atoms with E-state index >= 15 is 0 Å². The van der Waals surface area contributed by atoms with Gasteiger partial charge in [-0.05, 0) is 37.0 Å². The van der Waals surface area contributed by atoms with Gasteiger partial charge in [-0.2, -0.15) is 0 Å². The Kier molecular flexibility index (Phi) is 4.18. The fourth-order valence-electron chi connectivity index (χ4n) is 1.65. The molecule has 0 atom stereocenters. The van der Waals surface area contributed by atoms with Crippen LogP contribution in [0.2, 0.25) is 0 Å². The molecule has 2 N–H and O–H groups in total. The molecule has 2 rings (SSSR count). The zero-order chi connectivity index (χ0) is 13.9. The van der Waals surface area contributed by atoms with Crippen molar-refractivity contribution >= 4 is 27.0 Å². The van der Waals surface area contributed by atoms with Crippen LogP contribution in [0.3, 0.4) is 0 Å². The summed E-state index contributed by atoms with van der Waals surface area (Å²) in [6.07, 6.45) is 3.19. The van der Waals surface area contributed by atoms with Crippen LogP contribution in [0.1, 0.15) is 10.4 Å². The van der Waals surface area contributed by atoms with Crippen LogP contribution in [-0.2, 0) is 16.6 Å².